The van der Waals surface area contributed by atoms with Crippen LogP contribution in [-0.2, 0) is 21.6 Å². The van der Waals surface area contributed by atoms with Gasteiger partial charge in [0.1, 0.15) is 18.1 Å². The predicted octanol–water partition coefficient (Wildman–Crippen LogP) is 6.03. The van der Waals surface area contributed by atoms with Crippen molar-refractivity contribution in [3.8, 4) is 11.5 Å². The van der Waals surface area contributed by atoms with Crippen LogP contribution in [0.5, 0.6) is 11.5 Å². The fourth-order valence-electron chi connectivity index (χ4n) is 3.67. The third kappa shape index (κ3) is 5.20. The number of benzene rings is 3. The number of fused-ring (bicyclic) bond motifs is 1. The highest BCUT2D eigenvalue weighted by molar-refractivity contribution is 6.15. The quantitative estimate of drug-likeness (QED) is 0.335. The molecule has 3 aromatic carbocycles. The second-order valence-electron chi connectivity index (χ2n) is 9.31. The van der Waals surface area contributed by atoms with Gasteiger partial charge in [-0.15, -0.1) is 0 Å². The van der Waals surface area contributed by atoms with E-state index < -0.39 is 5.97 Å². The molecule has 0 spiro atoms. The molecule has 0 amide bonds. The smallest absolute Gasteiger partial charge is 0.344 e. The fourth-order valence-corrected chi connectivity index (χ4v) is 3.67. The number of Topliss-reactive ketones (excluding diaryl/α,β-unsaturated/α-hetero) is 1. The van der Waals surface area contributed by atoms with Gasteiger partial charge in [0, 0.05) is 5.56 Å². The summed E-state index contributed by atoms with van der Waals surface area (Å²) in [4.78, 5) is 25.0. The molecule has 0 unspecified atom stereocenters. The molecule has 0 aliphatic carbocycles. The topological polar surface area (TPSA) is 61.8 Å². The Morgan fingerprint density at radius 3 is 2.35 bits per heavy atom. The number of carbonyl (C=O) groups excluding carboxylic acids is 2. The molecule has 1 aliphatic rings. The first kappa shape index (κ1) is 23.3. The zero-order chi connectivity index (χ0) is 24.3. The fraction of sp³-hybridized carbons (Fsp3) is 0.241. The van der Waals surface area contributed by atoms with E-state index in [1.165, 1.54) is 5.56 Å². The minimum atomic E-state index is -0.472. The summed E-state index contributed by atoms with van der Waals surface area (Å²) in [7, 11) is 0. The number of carbonyl (C=O) groups is 2. The van der Waals surface area contributed by atoms with Gasteiger partial charge < -0.3 is 14.2 Å². The summed E-state index contributed by atoms with van der Waals surface area (Å²) in [5, 5.41) is 0. The molecule has 174 valence electrons. The molecule has 1 aliphatic heterocycles. The summed E-state index contributed by atoms with van der Waals surface area (Å²) >= 11 is 0. The molecule has 34 heavy (non-hydrogen) atoms. The van der Waals surface area contributed by atoms with Gasteiger partial charge in [-0.3, -0.25) is 4.79 Å². The first-order chi connectivity index (χ1) is 16.2. The van der Waals surface area contributed by atoms with Gasteiger partial charge in [-0.25, -0.2) is 4.79 Å². The van der Waals surface area contributed by atoms with E-state index in [9.17, 15) is 9.59 Å². The van der Waals surface area contributed by atoms with Crippen molar-refractivity contribution in [2.75, 3.05) is 6.61 Å². The molecule has 5 heteroatoms. The summed E-state index contributed by atoms with van der Waals surface area (Å²) < 4.78 is 16.8. The maximum Gasteiger partial charge on any atom is 0.344 e. The zero-order valence-electron chi connectivity index (χ0n) is 19.9. The van der Waals surface area contributed by atoms with Crippen molar-refractivity contribution in [2.45, 2.75) is 39.7 Å². The van der Waals surface area contributed by atoms with Crippen molar-refractivity contribution in [3.05, 3.63) is 100 Å². The molecule has 0 fully saturated rings. The van der Waals surface area contributed by atoms with Crippen LogP contribution in [0.25, 0.3) is 6.08 Å². The lowest BCUT2D eigenvalue weighted by molar-refractivity contribution is -0.147. The number of hydrogen-bond acceptors (Lipinski definition) is 5. The maximum atomic E-state index is 12.9. The molecule has 5 nitrogen and oxygen atoms in total. The van der Waals surface area contributed by atoms with Crippen molar-refractivity contribution in [1.29, 1.82) is 0 Å². The number of ketones is 1. The lowest BCUT2D eigenvalue weighted by Crippen LogP contribution is -2.15. The second kappa shape index (κ2) is 9.56. The molecule has 0 saturated heterocycles. The number of esters is 1. The standard InChI is InChI=1S/C29H28O5/c1-19-24(32-18-26(30)33-17-21-8-6-5-7-9-21)15-14-23-27(31)25(34-28(19)23)16-20-10-12-22(13-11-20)29(2,3)4/h5-16H,17-18H2,1-4H3/b25-16-. The van der Waals surface area contributed by atoms with Crippen LogP contribution in [0.1, 0.15) is 53.4 Å². The van der Waals surface area contributed by atoms with Crippen LogP contribution >= 0.6 is 0 Å². The highest BCUT2D eigenvalue weighted by Gasteiger charge is 2.30. The van der Waals surface area contributed by atoms with E-state index >= 15 is 0 Å². The predicted molar refractivity (Wildman–Crippen MR) is 131 cm³/mol. The van der Waals surface area contributed by atoms with Gasteiger partial charge in [-0.2, -0.15) is 0 Å². The van der Waals surface area contributed by atoms with E-state index in [0.29, 0.717) is 22.6 Å². The minimum absolute atomic E-state index is 0.0586. The van der Waals surface area contributed by atoms with Gasteiger partial charge in [0.15, 0.2) is 12.4 Å². The molecule has 0 saturated carbocycles. The first-order valence-electron chi connectivity index (χ1n) is 11.2. The monoisotopic (exact) mass is 456 g/mol. The highest BCUT2D eigenvalue weighted by atomic mass is 16.6. The number of rotatable bonds is 6. The molecule has 0 bridgehead atoms. The van der Waals surface area contributed by atoms with Crippen LogP contribution in [0.15, 0.2) is 72.5 Å². The molecule has 4 rings (SSSR count). The van der Waals surface area contributed by atoms with Gasteiger partial charge in [0.05, 0.1) is 5.56 Å². The van der Waals surface area contributed by atoms with Gasteiger partial charge in [0.25, 0.3) is 0 Å². The Morgan fingerprint density at radius 2 is 1.68 bits per heavy atom. The second-order valence-corrected chi connectivity index (χ2v) is 9.31. The highest BCUT2D eigenvalue weighted by Crippen LogP contribution is 2.39. The normalized spacial score (nSPS) is 14.0. The molecule has 0 aromatic heterocycles. The Kier molecular flexibility index (Phi) is 6.55. The Hall–Kier alpha value is -3.86. The van der Waals surface area contributed by atoms with Crippen molar-refractivity contribution in [3.63, 3.8) is 0 Å². The Morgan fingerprint density at radius 1 is 0.971 bits per heavy atom. The average Bonchev–Trinajstić information content (AvgIpc) is 3.13. The summed E-state index contributed by atoms with van der Waals surface area (Å²) in [5.74, 6) is 0.546. The van der Waals surface area contributed by atoms with Crippen LogP contribution in [0.2, 0.25) is 0 Å². The SMILES string of the molecule is Cc1c(OCC(=O)OCc2ccccc2)ccc2c1O/C(=C\c1ccc(C(C)(C)C)cc1)C2=O. The van der Waals surface area contributed by atoms with E-state index in [1.54, 1.807) is 25.1 Å². The average molecular weight is 457 g/mol. The van der Waals surface area contributed by atoms with Crippen LogP contribution in [-0.4, -0.2) is 18.4 Å². The lowest BCUT2D eigenvalue weighted by Gasteiger charge is -2.18. The molecule has 0 atom stereocenters. The van der Waals surface area contributed by atoms with E-state index in [4.69, 9.17) is 14.2 Å². The van der Waals surface area contributed by atoms with Crippen molar-refractivity contribution in [1.82, 2.24) is 0 Å². The summed E-state index contributed by atoms with van der Waals surface area (Å²) in [6.45, 7) is 8.24. The molecule has 3 aromatic rings. The molecule has 0 radical (unpaired) electrons. The Balaban J connectivity index is 1.42. The third-order valence-electron chi connectivity index (χ3n) is 5.70. The molecule has 1 heterocycles. The maximum absolute atomic E-state index is 12.9. The van der Waals surface area contributed by atoms with Gasteiger partial charge in [-0.1, -0.05) is 75.4 Å². The lowest BCUT2D eigenvalue weighted by atomic mass is 9.86. The van der Waals surface area contributed by atoms with Crippen molar-refractivity contribution < 1.29 is 23.8 Å². The van der Waals surface area contributed by atoms with Crippen LogP contribution < -0.4 is 9.47 Å². The summed E-state index contributed by atoms with van der Waals surface area (Å²) in [6.07, 6.45) is 1.75. The van der Waals surface area contributed by atoms with E-state index in [1.807, 2.05) is 42.5 Å². The van der Waals surface area contributed by atoms with E-state index in [-0.39, 0.29) is 30.2 Å². The molecular weight excluding hydrogens is 428 g/mol. The molecular formula is C29H28O5. The number of allylic oxidation sites excluding steroid dienone is 1. The van der Waals surface area contributed by atoms with Crippen molar-refractivity contribution in [2.24, 2.45) is 0 Å². The van der Waals surface area contributed by atoms with Crippen LogP contribution in [0.3, 0.4) is 0 Å². The Bertz CT molecular complexity index is 1230. The summed E-state index contributed by atoms with van der Waals surface area (Å²) in [5.41, 5.74) is 4.21. The van der Waals surface area contributed by atoms with E-state index in [2.05, 4.69) is 32.9 Å². The van der Waals surface area contributed by atoms with E-state index in [0.717, 1.165) is 11.1 Å². The van der Waals surface area contributed by atoms with Crippen LogP contribution in [0.4, 0.5) is 0 Å². The molecule has 0 N–H and O–H groups in total. The number of hydrogen-bond donors (Lipinski definition) is 0. The van der Waals surface area contributed by atoms with Gasteiger partial charge >= 0.3 is 5.97 Å². The summed E-state index contributed by atoms with van der Waals surface area (Å²) in [6, 6.07) is 20.9. The minimum Gasteiger partial charge on any atom is -0.481 e. The number of ether oxygens (including phenoxy) is 3. The third-order valence-corrected chi connectivity index (χ3v) is 5.70. The Labute approximate surface area is 200 Å². The largest absolute Gasteiger partial charge is 0.481 e. The van der Waals surface area contributed by atoms with Gasteiger partial charge in [-0.05, 0) is 47.2 Å². The van der Waals surface area contributed by atoms with Crippen molar-refractivity contribution >= 4 is 17.8 Å². The van der Waals surface area contributed by atoms with Gasteiger partial charge in [0.2, 0.25) is 5.78 Å². The first-order valence-corrected chi connectivity index (χ1v) is 11.2. The van der Waals surface area contributed by atoms with Crippen LogP contribution in [0, 0.1) is 6.92 Å². The zero-order valence-corrected chi connectivity index (χ0v) is 19.9.